The van der Waals surface area contributed by atoms with Gasteiger partial charge in [0, 0.05) is 19.9 Å². The van der Waals surface area contributed by atoms with Crippen LogP contribution in [0, 0.1) is 3.57 Å². The first-order valence-electron chi connectivity index (χ1n) is 9.80. The van der Waals surface area contributed by atoms with Gasteiger partial charge in [-0.15, -0.1) is 10.2 Å². The Morgan fingerprint density at radius 3 is 2.03 bits per heavy atom. The van der Waals surface area contributed by atoms with Gasteiger partial charge >= 0.3 is 0 Å². The molecule has 0 fully saturated rings. The number of fused-ring (bicyclic) bond motifs is 6. The van der Waals surface area contributed by atoms with Crippen LogP contribution >= 0.6 is 22.6 Å². The molecule has 0 amide bonds. The average Bonchev–Trinajstić information content (AvgIpc) is 3.25. The fourth-order valence-electron chi connectivity index (χ4n) is 4.15. The highest BCUT2D eigenvalue weighted by molar-refractivity contribution is 14.1. The molecule has 6 rings (SSSR count). The molecule has 4 aromatic carbocycles. The summed E-state index contributed by atoms with van der Waals surface area (Å²) < 4.78 is 3.40. The minimum absolute atomic E-state index is 0.863. The second-order valence-electron chi connectivity index (χ2n) is 7.33. The molecule has 4 heteroatoms. The van der Waals surface area contributed by atoms with Crippen molar-refractivity contribution in [2.75, 3.05) is 0 Å². The molecule has 0 aliphatic carbocycles. The van der Waals surface area contributed by atoms with Crippen molar-refractivity contribution in [2.24, 2.45) is 0 Å². The number of aromatic nitrogens is 3. The number of halogens is 1. The molecule has 3 nitrogen and oxygen atoms in total. The number of hydrogen-bond acceptors (Lipinski definition) is 2. The summed E-state index contributed by atoms with van der Waals surface area (Å²) in [5.74, 6) is 0.863. The van der Waals surface area contributed by atoms with Crippen LogP contribution < -0.4 is 0 Å². The van der Waals surface area contributed by atoms with Gasteiger partial charge in [-0.05, 0) is 57.3 Å². The molecule has 2 heterocycles. The largest absolute Gasteiger partial charge is 0.274 e. The van der Waals surface area contributed by atoms with Crippen molar-refractivity contribution in [3.05, 3.63) is 101 Å². The summed E-state index contributed by atoms with van der Waals surface area (Å²) in [6.45, 7) is 0. The number of hydrogen-bond donors (Lipinski definition) is 0. The second kappa shape index (κ2) is 6.92. The lowest BCUT2D eigenvalue weighted by Gasteiger charge is -2.10. The van der Waals surface area contributed by atoms with Gasteiger partial charge in [-0.3, -0.25) is 4.40 Å². The lowest BCUT2D eigenvalue weighted by Crippen LogP contribution is -1.94. The zero-order valence-electron chi connectivity index (χ0n) is 16.0. The summed E-state index contributed by atoms with van der Waals surface area (Å²) in [5, 5.41) is 12.7. The van der Waals surface area contributed by atoms with Crippen molar-refractivity contribution in [1.82, 2.24) is 14.6 Å². The highest BCUT2D eigenvalue weighted by atomic mass is 127. The van der Waals surface area contributed by atoms with E-state index in [2.05, 4.69) is 128 Å². The van der Waals surface area contributed by atoms with Crippen LogP contribution in [0.5, 0.6) is 0 Å². The van der Waals surface area contributed by atoms with E-state index in [0.717, 1.165) is 27.9 Å². The highest BCUT2D eigenvalue weighted by Crippen LogP contribution is 2.33. The molecule has 0 saturated carbocycles. The molecule has 0 radical (unpaired) electrons. The van der Waals surface area contributed by atoms with Crippen LogP contribution in [0.15, 0.2) is 97.1 Å². The first-order valence-corrected chi connectivity index (χ1v) is 10.9. The third kappa shape index (κ3) is 2.71. The predicted molar refractivity (Wildman–Crippen MR) is 132 cm³/mol. The maximum absolute atomic E-state index is 4.60. The van der Waals surface area contributed by atoms with E-state index < -0.39 is 0 Å². The standard InChI is InChI=1S/C26H16IN3/c27-20-14-15-24-23(16-20)21-8-4-5-9-22(21)26-29-28-25(30(24)26)19-12-10-18(11-13-19)17-6-2-1-3-7-17/h1-16H. The molecule has 0 aliphatic heterocycles. The van der Waals surface area contributed by atoms with Gasteiger partial charge in [0.05, 0.1) is 5.52 Å². The van der Waals surface area contributed by atoms with E-state index in [-0.39, 0.29) is 0 Å². The first-order chi connectivity index (χ1) is 14.8. The van der Waals surface area contributed by atoms with E-state index in [1.165, 1.54) is 25.5 Å². The zero-order chi connectivity index (χ0) is 20.1. The molecule has 0 aliphatic rings. The summed E-state index contributed by atoms with van der Waals surface area (Å²) >= 11 is 2.37. The molecule has 2 aromatic heterocycles. The molecular weight excluding hydrogens is 481 g/mol. The fraction of sp³-hybridized carbons (Fsp3) is 0. The monoisotopic (exact) mass is 497 g/mol. The van der Waals surface area contributed by atoms with Crippen molar-refractivity contribution in [2.45, 2.75) is 0 Å². The van der Waals surface area contributed by atoms with Crippen molar-refractivity contribution in [1.29, 1.82) is 0 Å². The van der Waals surface area contributed by atoms with Gasteiger partial charge in [-0.2, -0.15) is 0 Å². The van der Waals surface area contributed by atoms with Crippen LogP contribution in [0.3, 0.4) is 0 Å². The minimum atomic E-state index is 0.863. The van der Waals surface area contributed by atoms with Gasteiger partial charge in [0.1, 0.15) is 0 Å². The molecule has 0 N–H and O–H groups in total. The van der Waals surface area contributed by atoms with Gasteiger partial charge in [0.15, 0.2) is 11.5 Å². The van der Waals surface area contributed by atoms with Gasteiger partial charge in [0.2, 0.25) is 0 Å². The molecule has 142 valence electrons. The summed E-state index contributed by atoms with van der Waals surface area (Å²) in [6.07, 6.45) is 0. The van der Waals surface area contributed by atoms with E-state index >= 15 is 0 Å². The summed E-state index contributed by atoms with van der Waals surface area (Å²) in [7, 11) is 0. The average molecular weight is 497 g/mol. The Labute approximate surface area is 187 Å². The Balaban J connectivity index is 1.62. The van der Waals surface area contributed by atoms with E-state index in [4.69, 9.17) is 0 Å². The molecule has 0 unspecified atom stereocenters. The Morgan fingerprint density at radius 1 is 0.567 bits per heavy atom. The van der Waals surface area contributed by atoms with Crippen molar-refractivity contribution < 1.29 is 0 Å². The van der Waals surface area contributed by atoms with Crippen molar-refractivity contribution >= 4 is 49.9 Å². The molecule has 0 saturated heterocycles. The van der Waals surface area contributed by atoms with E-state index in [1.807, 2.05) is 6.07 Å². The molecular formula is C26H16IN3. The fourth-order valence-corrected chi connectivity index (χ4v) is 4.64. The van der Waals surface area contributed by atoms with Crippen LogP contribution in [0.1, 0.15) is 0 Å². The minimum Gasteiger partial charge on any atom is -0.274 e. The second-order valence-corrected chi connectivity index (χ2v) is 8.58. The number of pyridine rings is 1. The molecule has 0 bridgehead atoms. The van der Waals surface area contributed by atoms with Crippen LogP contribution in [-0.4, -0.2) is 14.6 Å². The SMILES string of the molecule is Ic1ccc2c(c1)c1ccccc1c1nnc(-c3ccc(-c4ccccc4)cc3)n21. The van der Waals surface area contributed by atoms with E-state index in [9.17, 15) is 0 Å². The van der Waals surface area contributed by atoms with E-state index in [0.29, 0.717) is 0 Å². The Morgan fingerprint density at radius 2 is 1.23 bits per heavy atom. The van der Waals surface area contributed by atoms with Gasteiger partial charge in [0.25, 0.3) is 0 Å². The maximum Gasteiger partial charge on any atom is 0.169 e. The third-order valence-corrected chi connectivity index (χ3v) is 6.24. The molecule has 30 heavy (non-hydrogen) atoms. The maximum atomic E-state index is 4.60. The molecule has 6 aromatic rings. The van der Waals surface area contributed by atoms with Gasteiger partial charge in [-0.1, -0.05) is 78.9 Å². The Kier molecular flexibility index (Phi) is 4.06. The van der Waals surface area contributed by atoms with Crippen LogP contribution in [0.2, 0.25) is 0 Å². The Hall–Kier alpha value is -3.25. The lowest BCUT2D eigenvalue weighted by molar-refractivity contribution is 1.12. The first kappa shape index (κ1) is 17.6. The normalized spacial score (nSPS) is 11.5. The topological polar surface area (TPSA) is 30.2 Å². The lowest BCUT2D eigenvalue weighted by atomic mass is 10.0. The van der Waals surface area contributed by atoms with Crippen LogP contribution in [-0.2, 0) is 0 Å². The van der Waals surface area contributed by atoms with Gasteiger partial charge < -0.3 is 0 Å². The van der Waals surface area contributed by atoms with Crippen LogP contribution in [0.25, 0.3) is 49.8 Å². The number of benzene rings is 4. The van der Waals surface area contributed by atoms with Gasteiger partial charge in [-0.25, -0.2) is 0 Å². The molecule has 0 spiro atoms. The van der Waals surface area contributed by atoms with Crippen molar-refractivity contribution in [3.63, 3.8) is 0 Å². The number of nitrogens with zero attached hydrogens (tertiary/aromatic N) is 3. The summed E-state index contributed by atoms with van der Waals surface area (Å²) in [6, 6.07) is 34.0. The third-order valence-electron chi connectivity index (χ3n) is 5.57. The quantitative estimate of drug-likeness (QED) is 0.191. The number of rotatable bonds is 2. The highest BCUT2D eigenvalue weighted by Gasteiger charge is 2.15. The smallest absolute Gasteiger partial charge is 0.169 e. The summed E-state index contributed by atoms with van der Waals surface area (Å²) in [5.41, 5.74) is 5.47. The van der Waals surface area contributed by atoms with Crippen LogP contribution in [0.4, 0.5) is 0 Å². The zero-order valence-corrected chi connectivity index (χ0v) is 18.1. The summed E-state index contributed by atoms with van der Waals surface area (Å²) in [4.78, 5) is 0. The molecule has 0 atom stereocenters. The Bertz CT molecular complexity index is 1530. The van der Waals surface area contributed by atoms with Crippen molar-refractivity contribution in [3.8, 4) is 22.5 Å². The predicted octanol–water partition coefficient (Wildman–Crippen LogP) is 6.97. The van der Waals surface area contributed by atoms with E-state index in [1.54, 1.807) is 0 Å².